The molecule has 2 aliphatic heterocycles. The molecular formula is C19H23N3O3. The molecule has 2 aliphatic rings. The average Bonchev–Trinajstić information content (AvgIpc) is 2.99. The predicted molar refractivity (Wildman–Crippen MR) is 94.5 cm³/mol. The summed E-state index contributed by atoms with van der Waals surface area (Å²) in [5.41, 5.74) is 1.99. The van der Waals surface area contributed by atoms with Gasteiger partial charge in [-0.1, -0.05) is 6.92 Å². The van der Waals surface area contributed by atoms with Gasteiger partial charge in [0.1, 0.15) is 5.75 Å². The van der Waals surface area contributed by atoms with Crippen LogP contribution in [-0.4, -0.2) is 53.3 Å². The highest BCUT2D eigenvalue weighted by Gasteiger charge is 2.53. The summed E-state index contributed by atoms with van der Waals surface area (Å²) in [7, 11) is 1.65. The van der Waals surface area contributed by atoms with Crippen molar-refractivity contribution in [2.24, 2.45) is 0 Å². The Hall–Kier alpha value is -2.50. The minimum atomic E-state index is -0.954. The van der Waals surface area contributed by atoms with E-state index in [0.29, 0.717) is 13.1 Å². The highest BCUT2D eigenvalue weighted by molar-refractivity contribution is 6.00. The van der Waals surface area contributed by atoms with Crippen LogP contribution in [0.15, 0.2) is 18.2 Å². The molecule has 1 fully saturated rings. The molecular weight excluding hydrogens is 318 g/mol. The molecule has 0 radical (unpaired) electrons. The van der Waals surface area contributed by atoms with Crippen LogP contribution in [0, 0.1) is 0 Å². The molecule has 1 aromatic heterocycles. The van der Waals surface area contributed by atoms with Gasteiger partial charge in [0.05, 0.1) is 19.3 Å². The fourth-order valence-electron chi connectivity index (χ4n) is 4.29. The fourth-order valence-corrected chi connectivity index (χ4v) is 4.29. The Kier molecular flexibility index (Phi) is 3.52. The van der Waals surface area contributed by atoms with Crippen molar-refractivity contribution in [2.45, 2.75) is 32.2 Å². The van der Waals surface area contributed by atoms with Gasteiger partial charge in [0.15, 0.2) is 5.54 Å². The molecule has 1 aromatic carbocycles. The first-order valence-corrected chi connectivity index (χ1v) is 8.79. The van der Waals surface area contributed by atoms with Crippen LogP contribution in [0.2, 0.25) is 0 Å². The van der Waals surface area contributed by atoms with Crippen molar-refractivity contribution < 1.29 is 14.3 Å². The zero-order valence-corrected chi connectivity index (χ0v) is 14.9. The molecule has 6 heteroatoms. The Morgan fingerprint density at radius 2 is 2.12 bits per heavy atom. The lowest BCUT2D eigenvalue weighted by Gasteiger charge is -2.49. The van der Waals surface area contributed by atoms with Crippen LogP contribution in [0.3, 0.4) is 0 Å². The number of carbonyl (C=O) groups is 2. The van der Waals surface area contributed by atoms with E-state index in [0.717, 1.165) is 40.8 Å². The molecule has 0 saturated carbocycles. The van der Waals surface area contributed by atoms with E-state index in [4.69, 9.17) is 4.74 Å². The summed E-state index contributed by atoms with van der Waals surface area (Å²) in [4.78, 5) is 32.8. The number of methoxy groups -OCH3 is 1. The predicted octanol–water partition coefficient (Wildman–Crippen LogP) is 2.03. The molecule has 0 aliphatic carbocycles. The number of amides is 2. The van der Waals surface area contributed by atoms with Gasteiger partial charge < -0.3 is 19.5 Å². The second kappa shape index (κ2) is 5.51. The van der Waals surface area contributed by atoms with E-state index in [2.05, 4.69) is 4.98 Å². The normalized spacial score (nSPS) is 23.0. The third-order valence-corrected chi connectivity index (χ3v) is 5.55. The third-order valence-electron chi connectivity index (χ3n) is 5.55. The van der Waals surface area contributed by atoms with Crippen molar-refractivity contribution in [3.8, 4) is 5.75 Å². The van der Waals surface area contributed by atoms with Gasteiger partial charge >= 0.3 is 0 Å². The number of rotatable bonds is 3. The topological polar surface area (TPSA) is 65.6 Å². The summed E-state index contributed by atoms with van der Waals surface area (Å²) in [5, 5.41) is 1.07. The number of ether oxygens (including phenoxy) is 1. The molecule has 3 heterocycles. The summed E-state index contributed by atoms with van der Waals surface area (Å²) >= 11 is 0. The lowest BCUT2D eigenvalue weighted by molar-refractivity contribution is -0.165. The van der Waals surface area contributed by atoms with E-state index in [-0.39, 0.29) is 18.4 Å². The second-order valence-corrected chi connectivity index (χ2v) is 6.98. The highest BCUT2D eigenvalue weighted by Crippen LogP contribution is 2.42. The van der Waals surface area contributed by atoms with Gasteiger partial charge in [-0.15, -0.1) is 0 Å². The van der Waals surface area contributed by atoms with Crippen LogP contribution in [0.4, 0.5) is 0 Å². The van der Waals surface area contributed by atoms with Crippen molar-refractivity contribution in [1.29, 1.82) is 0 Å². The Labute approximate surface area is 146 Å². The van der Waals surface area contributed by atoms with E-state index in [9.17, 15) is 9.59 Å². The first-order chi connectivity index (χ1) is 12.0. The Balaban J connectivity index is 1.90. The molecule has 25 heavy (non-hydrogen) atoms. The lowest BCUT2D eigenvalue weighted by Crippen LogP contribution is -2.66. The quantitative estimate of drug-likeness (QED) is 0.929. The largest absolute Gasteiger partial charge is 0.497 e. The molecule has 132 valence electrons. The smallest absolute Gasteiger partial charge is 0.254 e. The molecule has 1 atom stereocenters. The second-order valence-electron chi connectivity index (χ2n) is 6.98. The van der Waals surface area contributed by atoms with Crippen LogP contribution >= 0.6 is 0 Å². The van der Waals surface area contributed by atoms with Gasteiger partial charge in [0, 0.05) is 24.0 Å². The molecule has 1 N–H and O–H groups in total. The van der Waals surface area contributed by atoms with E-state index < -0.39 is 5.54 Å². The number of piperazine rings is 1. The summed E-state index contributed by atoms with van der Waals surface area (Å²) in [6.07, 6.45) is 1.58. The average molecular weight is 341 g/mol. The van der Waals surface area contributed by atoms with Gasteiger partial charge in [0.25, 0.3) is 5.91 Å². The summed E-state index contributed by atoms with van der Waals surface area (Å²) in [5.74, 6) is 0.825. The van der Waals surface area contributed by atoms with Crippen molar-refractivity contribution in [1.82, 2.24) is 14.8 Å². The molecule has 0 spiro atoms. The number of nitrogens with one attached hydrogen (secondary N) is 1. The van der Waals surface area contributed by atoms with Crippen molar-refractivity contribution >= 4 is 22.7 Å². The number of fused-ring (bicyclic) bond motifs is 5. The van der Waals surface area contributed by atoms with E-state index in [1.165, 1.54) is 0 Å². The van der Waals surface area contributed by atoms with Gasteiger partial charge in [-0.3, -0.25) is 9.59 Å². The standard InChI is InChI=1S/C19H23N3O3/c1-4-8-21-11-16(23)22-9-7-13-14-10-12(25-3)5-6-15(14)20-17(13)19(22,2)18(21)24/h5-6,10,20H,4,7-9,11H2,1-3H3. The zero-order valence-electron chi connectivity index (χ0n) is 14.9. The molecule has 0 bridgehead atoms. The Bertz CT molecular complexity index is 872. The number of hydrogen-bond donors (Lipinski definition) is 1. The molecule has 4 rings (SSSR count). The number of benzene rings is 1. The summed E-state index contributed by atoms with van der Waals surface area (Å²) < 4.78 is 5.35. The number of aromatic nitrogens is 1. The van der Waals surface area contributed by atoms with Crippen LogP contribution < -0.4 is 4.74 Å². The van der Waals surface area contributed by atoms with Crippen molar-refractivity contribution in [3.63, 3.8) is 0 Å². The minimum absolute atomic E-state index is 0.00780. The van der Waals surface area contributed by atoms with Gasteiger partial charge in [0.2, 0.25) is 5.91 Å². The van der Waals surface area contributed by atoms with Crippen LogP contribution in [0.25, 0.3) is 10.9 Å². The third kappa shape index (κ3) is 2.09. The van der Waals surface area contributed by atoms with Crippen molar-refractivity contribution in [3.05, 3.63) is 29.5 Å². The Morgan fingerprint density at radius 1 is 1.32 bits per heavy atom. The van der Waals surface area contributed by atoms with E-state index >= 15 is 0 Å². The maximum atomic E-state index is 13.3. The maximum absolute atomic E-state index is 13.3. The minimum Gasteiger partial charge on any atom is -0.497 e. The molecule has 2 aromatic rings. The fraction of sp³-hybridized carbons (Fsp3) is 0.474. The first kappa shape index (κ1) is 16.0. The van der Waals surface area contributed by atoms with Gasteiger partial charge in [-0.25, -0.2) is 0 Å². The Morgan fingerprint density at radius 3 is 2.84 bits per heavy atom. The van der Waals surface area contributed by atoms with Crippen LogP contribution in [0.5, 0.6) is 5.75 Å². The van der Waals surface area contributed by atoms with E-state index in [1.807, 2.05) is 32.0 Å². The first-order valence-electron chi connectivity index (χ1n) is 8.79. The number of hydrogen-bond acceptors (Lipinski definition) is 3. The van der Waals surface area contributed by atoms with Crippen LogP contribution in [0.1, 0.15) is 31.5 Å². The number of carbonyl (C=O) groups excluding carboxylic acids is 2. The molecule has 2 amide bonds. The summed E-state index contributed by atoms with van der Waals surface area (Å²) in [6, 6.07) is 5.88. The molecule has 6 nitrogen and oxygen atoms in total. The van der Waals surface area contributed by atoms with E-state index in [1.54, 1.807) is 16.9 Å². The SMILES string of the molecule is CCCN1CC(=O)N2CCc3c([nH]c4ccc(OC)cc34)C2(C)C1=O. The number of aromatic amines is 1. The molecule has 1 unspecified atom stereocenters. The maximum Gasteiger partial charge on any atom is 0.254 e. The lowest BCUT2D eigenvalue weighted by atomic mass is 9.83. The number of H-pyrrole nitrogens is 1. The monoisotopic (exact) mass is 341 g/mol. The highest BCUT2D eigenvalue weighted by atomic mass is 16.5. The van der Waals surface area contributed by atoms with Gasteiger partial charge in [-0.05, 0) is 43.5 Å². The summed E-state index contributed by atoms with van der Waals surface area (Å²) in [6.45, 7) is 5.26. The van der Waals surface area contributed by atoms with Crippen LogP contribution in [-0.2, 0) is 21.5 Å². The molecule has 1 saturated heterocycles. The zero-order chi connectivity index (χ0) is 17.8. The van der Waals surface area contributed by atoms with Crippen molar-refractivity contribution in [2.75, 3.05) is 26.7 Å². The number of nitrogens with zero attached hydrogens (tertiary/aromatic N) is 2. The van der Waals surface area contributed by atoms with Gasteiger partial charge in [-0.2, -0.15) is 0 Å².